The molecule has 0 spiro atoms. The van der Waals surface area contributed by atoms with E-state index >= 15 is 0 Å². The number of nitrogens with one attached hydrogen (secondary N) is 1. The van der Waals surface area contributed by atoms with E-state index in [-0.39, 0.29) is 5.92 Å². The molecule has 4 nitrogen and oxygen atoms in total. The molecule has 0 amide bonds. The Hall–Kier alpha value is -0.870. The first kappa shape index (κ1) is 13.1. The summed E-state index contributed by atoms with van der Waals surface area (Å²) in [6.45, 7) is 3.73. The van der Waals surface area contributed by atoms with E-state index in [0.29, 0.717) is 6.42 Å². The van der Waals surface area contributed by atoms with Crippen molar-refractivity contribution in [2.24, 2.45) is 5.92 Å². The van der Waals surface area contributed by atoms with Crippen LogP contribution in [0.3, 0.4) is 0 Å². The van der Waals surface area contributed by atoms with Gasteiger partial charge in [-0.2, -0.15) is 0 Å². The van der Waals surface area contributed by atoms with Crippen LogP contribution in [-0.2, 0) is 4.79 Å². The van der Waals surface area contributed by atoms with E-state index in [4.69, 9.17) is 5.11 Å². The van der Waals surface area contributed by atoms with E-state index < -0.39 is 18.1 Å². The Kier molecular flexibility index (Phi) is 6.16. The summed E-state index contributed by atoms with van der Waals surface area (Å²) in [4.78, 5) is 10.7. The number of likely N-dealkylation sites (N-methyl/N-ethyl adjacent to an activating group) is 1. The van der Waals surface area contributed by atoms with Gasteiger partial charge in [-0.1, -0.05) is 19.1 Å². The summed E-state index contributed by atoms with van der Waals surface area (Å²) in [5.41, 5.74) is 0. The van der Waals surface area contributed by atoms with Gasteiger partial charge in [0.25, 0.3) is 0 Å². The van der Waals surface area contributed by atoms with Crippen LogP contribution in [0.25, 0.3) is 0 Å². The second kappa shape index (κ2) is 6.56. The lowest BCUT2D eigenvalue weighted by Gasteiger charge is -2.23. The highest BCUT2D eigenvalue weighted by molar-refractivity contribution is 5.74. The Morgan fingerprint density at radius 1 is 1.57 bits per heavy atom. The molecule has 2 unspecified atom stereocenters. The molecule has 82 valence electrons. The Bertz CT molecular complexity index is 204. The van der Waals surface area contributed by atoms with E-state index in [1.54, 1.807) is 0 Å². The molecule has 0 heterocycles. The van der Waals surface area contributed by atoms with Crippen LogP contribution in [0, 0.1) is 5.92 Å². The van der Waals surface area contributed by atoms with E-state index in [1.807, 2.05) is 26.0 Å². The summed E-state index contributed by atoms with van der Waals surface area (Å²) in [6.07, 6.45) is 3.62. The zero-order chi connectivity index (χ0) is 11.1. The minimum absolute atomic E-state index is 0.0697. The van der Waals surface area contributed by atoms with Crippen molar-refractivity contribution in [1.82, 2.24) is 5.32 Å². The summed E-state index contributed by atoms with van der Waals surface area (Å²) in [7, 11) is 1.53. The Labute approximate surface area is 84.6 Å². The lowest BCUT2D eigenvalue weighted by molar-refractivity contribution is -0.143. The number of aliphatic hydroxyl groups excluding tert-OH is 1. The summed E-state index contributed by atoms with van der Waals surface area (Å²) in [5.74, 6) is -1.09. The lowest BCUT2D eigenvalue weighted by Crippen LogP contribution is -2.47. The first-order valence-corrected chi connectivity index (χ1v) is 4.73. The van der Waals surface area contributed by atoms with Crippen LogP contribution in [0.4, 0.5) is 0 Å². The minimum Gasteiger partial charge on any atom is -0.480 e. The number of aliphatic carboxylic acids is 1. The summed E-state index contributed by atoms with van der Waals surface area (Å²) in [6, 6.07) is -0.893. The number of aliphatic hydroxyl groups is 1. The third kappa shape index (κ3) is 3.89. The van der Waals surface area contributed by atoms with Crippen LogP contribution in [0.1, 0.15) is 20.3 Å². The molecular weight excluding hydrogens is 182 g/mol. The van der Waals surface area contributed by atoms with Crippen LogP contribution in [-0.4, -0.2) is 35.4 Å². The fourth-order valence-corrected chi connectivity index (χ4v) is 1.26. The van der Waals surface area contributed by atoms with Crippen LogP contribution < -0.4 is 5.32 Å². The normalized spacial score (nSPS) is 18.0. The third-order valence-electron chi connectivity index (χ3n) is 2.25. The predicted octanol–water partition coefficient (Wildman–Crippen LogP) is 0.622. The molecule has 0 fully saturated rings. The molecule has 0 bridgehead atoms. The van der Waals surface area contributed by atoms with Gasteiger partial charge in [-0.3, -0.25) is 4.79 Å². The SMILES string of the molecule is C/C=C/C[C@@H](C)C(O)C(NC)C(=O)O. The van der Waals surface area contributed by atoms with E-state index in [0.717, 1.165) is 0 Å². The number of hydrogen-bond acceptors (Lipinski definition) is 3. The molecule has 0 aromatic rings. The number of rotatable bonds is 6. The van der Waals surface area contributed by atoms with E-state index in [1.165, 1.54) is 7.05 Å². The maximum absolute atomic E-state index is 10.7. The van der Waals surface area contributed by atoms with Gasteiger partial charge in [-0.15, -0.1) is 0 Å². The van der Waals surface area contributed by atoms with Gasteiger partial charge in [0.1, 0.15) is 6.04 Å². The minimum atomic E-state index is -1.02. The van der Waals surface area contributed by atoms with Crippen molar-refractivity contribution >= 4 is 5.97 Å². The molecular formula is C10H19NO3. The number of carboxylic acid groups (broad SMARTS) is 1. The van der Waals surface area contributed by atoms with Crippen LogP contribution >= 0.6 is 0 Å². The van der Waals surface area contributed by atoms with Crippen LogP contribution in [0.5, 0.6) is 0 Å². The Morgan fingerprint density at radius 3 is 2.50 bits per heavy atom. The fraction of sp³-hybridized carbons (Fsp3) is 0.700. The Balaban J connectivity index is 4.26. The highest BCUT2D eigenvalue weighted by atomic mass is 16.4. The molecule has 4 heteroatoms. The lowest BCUT2D eigenvalue weighted by atomic mass is 9.95. The smallest absolute Gasteiger partial charge is 0.323 e. The van der Waals surface area contributed by atoms with E-state index in [9.17, 15) is 9.90 Å². The maximum atomic E-state index is 10.7. The third-order valence-corrected chi connectivity index (χ3v) is 2.25. The van der Waals surface area contributed by atoms with Crippen molar-refractivity contribution < 1.29 is 15.0 Å². The average molecular weight is 201 g/mol. The molecule has 0 rings (SSSR count). The van der Waals surface area contributed by atoms with Crippen molar-refractivity contribution in [2.45, 2.75) is 32.4 Å². The number of carbonyl (C=O) groups is 1. The van der Waals surface area contributed by atoms with Gasteiger partial charge in [-0.25, -0.2) is 0 Å². The maximum Gasteiger partial charge on any atom is 0.323 e. The molecule has 0 saturated heterocycles. The first-order chi connectivity index (χ1) is 6.54. The molecule has 0 aliphatic rings. The number of allylic oxidation sites excluding steroid dienone is 2. The predicted molar refractivity (Wildman–Crippen MR) is 55.1 cm³/mol. The summed E-state index contributed by atoms with van der Waals surface area (Å²) >= 11 is 0. The standard InChI is InChI=1S/C10H19NO3/c1-4-5-6-7(2)9(12)8(11-3)10(13)14/h4-5,7-9,11-12H,6H2,1-3H3,(H,13,14)/b5-4+/t7-,8?,9?/m1/s1. The number of hydrogen-bond donors (Lipinski definition) is 3. The largest absolute Gasteiger partial charge is 0.480 e. The zero-order valence-electron chi connectivity index (χ0n) is 8.90. The van der Waals surface area contributed by atoms with Crippen molar-refractivity contribution in [3.63, 3.8) is 0 Å². The average Bonchev–Trinajstić information content (AvgIpc) is 2.14. The molecule has 14 heavy (non-hydrogen) atoms. The van der Waals surface area contributed by atoms with Gasteiger partial charge >= 0.3 is 5.97 Å². The molecule has 0 radical (unpaired) electrons. The molecule has 3 N–H and O–H groups in total. The monoisotopic (exact) mass is 201 g/mol. The molecule has 0 aliphatic carbocycles. The van der Waals surface area contributed by atoms with Crippen molar-refractivity contribution in [1.29, 1.82) is 0 Å². The van der Waals surface area contributed by atoms with Gasteiger partial charge in [0.15, 0.2) is 0 Å². The zero-order valence-corrected chi connectivity index (χ0v) is 8.90. The molecule has 0 aromatic heterocycles. The topological polar surface area (TPSA) is 69.6 Å². The number of carboxylic acids is 1. The van der Waals surface area contributed by atoms with Crippen molar-refractivity contribution in [3.8, 4) is 0 Å². The molecule has 0 saturated carbocycles. The van der Waals surface area contributed by atoms with Gasteiger partial charge < -0.3 is 15.5 Å². The first-order valence-electron chi connectivity index (χ1n) is 4.73. The summed E-state index contributed by atoms with van der Waals surface area (Å²) in [5, 5.41) is 21.1. The van der Waals surface area contributed by atoms with E-state index in [2.05, 4.69) is 5.32 Å². The Morgan fingerprint density at radius 2 is 2.14 bits per heavy atom. The van der Waals surface area contributed by atoms with Gasteiger partial charge in [-0.05, 0) is 26.3 Å². The summed E-state index contributed by atoms with van der Waals surface area (Å²) < 4.78 is 0. The molecule has 3 atom stereocenters. The highest BCUT2D eigenvalue weighted by Gasteiger charge is 2.28. The van der Waals surface area contributed by atoms with Crippen molar-refractivity contribution in [3.05, 3.63) is 12.2 Å². The van der Waals surface area contributed by atoms with Crippen LogP contribution in [0.2, 0.25) is 0 Å². The quantitative estimate of drug-likeness (QED) is 0.551. The van der Waals surface area contributed by atoms with Crippen molar-refractivity contribution in [2.75, 3.05) is 7.05 Å². The van der Waals surface area contributed by atoms with Gasteiger partial charge in [0.05, 0.1) is 6.10 Å². The van der Waals surface area contributed by atoms with Gasteiger partial charge in [0, 0.05) is 0 Å². The second-order valence-corrected chi connectivity index (χ2v) is 3.38. The second-order valence-electron chi connectivity index (χ2n) is 3.38. The molecule has 0 aromatic carbocycles. The fourth-order valence-electron chi connectivity index (χ4n) is 1.26. The highest BCUT2D eigenvalue weighted by Crippen LogP contribution is 2.12. The van der Waals surface area contributed by atoms with Crippen LogP contribution in [0.15, 0.2) is 12.2 Å². The molecule has 0 aliphatic heterocycles. The van der Waals surface area contributed by atoms with Gasteiger partial charge in [0.2, 0.25) is 0 Å².